The summed E-state index contributed by atoms with van der Waals surface area (Å²) in [5.41, 5.74) is 0.883. The van der Waals surface area contributed by atoms with Crippen LogP contribution >= 0.6 is 0 Å². The van der Waals surface area contributed by atoms with E-state index in [4.69, 9.17) is 0 Å². The van der Waals surface area contributed by atoms with Crippen molar-refractivity contribution in [1.29, 1.82) is 0 Å². The Hall–Kier alpha value is -1.32. The van der Waals surface area contributed by atoms with Crippen LogP contribution in [0.4, 0.5) is 0 Å². The fraction of sp³-hybridized carbons (Fsp3) is 0.636. The van der Waals surface area contributed by atoms with E-state index in [0.717, 1.165) is 38.2 Å². The van der Waals surface area contributed by atoms with Gasteiger partial charge in [0.1, 0.15) is 0 Å². The second-order valence-electron chi connectivity index (χ2n) is 3.93. The van der Waals surface area contributed by atoms with Gasteiger partial charge in [-0.05, 0) is 25.8 Å². The number of likely N-dealkylation sites (tertiary alicyclic amines) is 1. The molecule has 4 nitrogen and oxygen atoms in total. The van der Waals surface area contributed by atoms with Crippen molar-refractivity contribution >= 4 is 5.91 Å². The van der Waals surface area contributed by atoms with Crippen LogP contribution in [0, 0.1) is 0 Å². The van der Waals surface area contributed by atoms with Crippen molar-refractivity contribution < 1.29 is 4.79 Å². The van der Waals surface area contributed by atoms with E-state index in [1.54, 1.807) is 0 Å². The van der Waals surface area contributed by atoms with Crippen LogP contribution in [0.3, 0.4) is 0 Å². The maximum Gasteiger partial charge on any atom is 0.228 e. The lowest BCUT2D eigenvalue weighted by molar-refractivity contribution is -0.129. The molecule has 2 rings (SSSR count). The van der Waals surface area contributed by atoms with Gasteiger partial charge in [0, 0.05) is 25.8 Å². The zero-order valence-corrected chi connectivity index (χ0v) is 9.15. The first kappa shape index (κ1) is 10.2. The molecule has 1 amide bonds. The lowest BCUT2D eigenvalue weighted by Crippen LogP contribution is -2.29. The Labute approximate surface area is 89.9 Å². The molecule has 0 aliphatic carbocycles. The first-order valence-corrected chi connectivity index (χ1v) is 5.59. The van der Waals surface area contributed by atoms with Gasteiger partial charge in [-0.1, -0.05) is 0 Å². The molecule has 82 valence electrons. The smallest absolute Gasteiger partial charge is 0.228 e. The van der Waals surface area contributed by atoms with E-state index in [2.05, 4.69) is 5.10 Å². The topological polar surface area (TPSA) is 38.1 Å². The van der Waals surface area contributed by atoms with Gasteiger partial charge < -0.3 is 4.90 Å². The van der Waals surface area contributed by atoms with Gasteiger partial charge in [0.15, 0.2) is 0 Å². The van der Waals surface area contributed by atoms with E-state index < -0.39 is 0 Å². The molecule has 15 heavy (non-hydrogen) atoms. The molecular formula is C11H17N3O. The molecular weight excluding hydrogens is 190 g/mol. The number of aryl methyl sites for hydroxylation is 1. The third kappa shape index (κ3) is 2.37. The Morgan fingerprint density at radius 2 is 2.20 bits per heavy atom. The number of aromatic nitrogens is 2. The highest BCUT2D eigenvalue weighted by Crippen LogP contribution is 2.09. The molecule has 0 spiro atoms. The summed E-state index contributed by atoms with van der Waals surface area (Å²) in [5, 5.41) is 4.31. The molecule has 0 radical (unpaired) electrons. The predicted octanol–water partition coefficient (Wildman–Crippen LogP) is 1.07. The van der Waals surface area contributed by atoms with E-state index in [9.17, 15) is 4.79 Å². The van der Waals surface area contributed by atoms with E-state index in [-0.39, 0.29) is 5.91 Å². The normalized spacial score (nSPS) is 15.9. The van der Waals surface area contributed by atoms with Gasteiger partial charge in [-0.15, -0.1) is 0 Å². The summed E-state index contributed by atoms with van der Waals surface area (Å²) in [6.07, 6.45) is 4.67. The van der Waals surface area contributed by atoms with Crippen LogP contribution in [-0.2, 0) is 17.8 Å². The van der Waals surface area contributed by atoms with Crippen LogP contribution in [0.25, 0.3) is 0 Å². The zero-order valence-electron chi connectivity index (χ0n) is 9.15. The highest BCUT2D eigenvalue weighted by atomic mass is 16.2. The average Bonchev–Trinajstić information content (AvgIpc) is 2.87. The Balaban J connectivity index is 1.92. The lowest BCUT2D eigenvalue weighted by Gasteiger charge is -2.13. The quantitative estimate of drug-likeness (QED) is 0.743. The SMILES string of the molecule is CCn1ccc(CC(=O)N2CCCC2)n1. The lowest BCUT2D eigenvalue weighted by atomic mass is 10.3. The van der Waals surface area contributed by atoms with Gasteiger partial charge in [0.2, 0.25) is 5.91 Å². The van der Waals surface area contributed by atoms with E-state index in [1.807, 2.05) is 28.8 Å². The van der Waals surface area contributed by atoms with E-state index in [0.29, 0.717) is 6.42 Å². The summed E-state index contributed by atoms with van der Waals surface area (Å²) >= 11 is 0. The summed E-state index contributed by atoms with van der Waals surface area (Å²) < 4.78 is 1.85. The van der Waals surface area contributed by atoms with Crippen LogP contribution in [0.15, 0.2) is 12.3 Å². The number of carbonyl (C=O) groups excluding carboxylic acids is 1. The molecule has 1 aliphatic heterocycles. The van der Waals surface area contributed by atoms with Gasteiger partial charge in [-0.25, -0.2) is 0 Å². The third-order valence-electron chi connectivity index (χ3n) is 2.81. The number of rotatable bonds is 3. The van der Waals surface area contributed by atoms with Crippen molar-refractivity contribution in [2.24, 2.45) is 0 Å². The van der Waals surface area contributed by atoms with Crippen molar-refractivity contribution in [3.63, 3.8) is 0 Å². The summed E-state index contributed by atoms with van der Waals surface area (Å²) in [6.45, 7) is 4.75. The average molecular weight is 207 g/mol. The number of hydrogen-bond acceptors (Lipinski definition) is 2. The molecule has 0 saturated carbocycles. The van der Waals surface area contributed by atoms with Crippen molar-refractivity contribution in [1.82, 2.24) is 14.7 Å². The molecule has 1 aromatic heterocycles. The first-order chi connectivity index (χ1) is 7.29. The minimum absolute atomic E-state index is 0.217. The molecule has 0 unspecified atom stereocenters. The molecule has 0 N–H and O–H groups in total. The molecule has 1 fully saturated rings. The summed E-state index contributed by atoms with van der Waals surface area (Å²) in [6, 6.07) is 1.93. The summed E-state index contributed by atoms with van der Waals surface area (Å²) in [4.78, 5) is 13.7. The minimum atomic E-state index is 0.217. The molecule has 2 heterocycles. The summed E-state index contributed by atoms with van der Waals surface area (Å²) in [5.74, 6) is 0.217. The second-order valence-corrected chi connectivity index (χ2v) is 3.93. The number of hydrogen-bond donors (Lipinski definition) is 0. The summed E-state index contributed by atoms with van der Waals surface area (Å²) in [7, 11) is 0. The van der Waals surface area contributed by atoms with Crippen molar-refractivity contribution in [3.8, 4) is 0 Å². The maximum atomic E-state index is 11.8. The van der Waals surface area contributed by atoms with Gasteiger partial charge in [0.25, 0.3) is 0 Å². The van der Waals surface area contributed by atoms with Crippen LogP contribution < -0.4 is 0 Å². The van der Waals surface area contributed by atoms with Gasteiger partial charge in [-0.3, -0.25) is 9.48 Å². The molecule has 1 aromatic rings. The van der Waals surface area contributed by atoms with Gasteiger partial charge in [-0.2, -0.15) is 5.10 Å². The Kier molecular flexibility index (Phi) is 3.04. The van der Waals surface area contributed by atoms with Gasteiger partial charge in [0.05, 0.1) is 12.1 Å². The molecule has 0 aromatic carbocycles. The van der Waals surface area contributed by atoms with Crippen LogP contribution in [0.5, 0.6) is 0 Å². The van der Waals surface area contributed by atoms with E-state index >= 15 is 0 Å². The first-order valence-electron chi connectivity index (χ1n) is 5.59. The highest BCUT2D eigenvalue weighted by molar-refractivity contribution is 5.78. The Morgan fingerprint density at radius 1 is 1.47 bits per heavy atom. The van der Waals surface area contributed by atoms with E-state index in [1.165, 1.54) is 0 Å². The fourth-order valence-electron chi connectivity index (χ4n) is 1.91. The highest BCUT2D eigenvalue weighted by Gasteiger charge is 2.18. The predicted molar refractivity (Wildman–Crippen MR) is 57.4 cm³/mol. The molecule has 1 saturated heterocycles. The van der Waals surface area contributed by atoms with Crippen molar-refractivity contribution in [2.45, 2.75) is 32.7 Å². The fourth-order valence-corrected chi connectivity index (χ4v) is 1.91. The Bertz CT molecular complexity index is 339. The minimum Gasteiger partial charge on any atom is -0.342 e. The van der Waals surface area contributed by atoms with Gasteiger partial charge >= 0.3 is 0 Å². The van der Waals surface area contributed by atoms with Crippen LogP contribution in [0.2, 0.25) is 0 Å². The number of carbonyl (C=O) groups is 1. The number of amides is 1. The molecule has 0 bridgehead atoms. The third-order valence-corrected chi connectivity index (χ3v) is 2.81. The van der Waals surface area contributed by atoms with Crippen molar-refractivity contribution in [2.75, 3.05) is 13.1 Å². The largest absolute Gasteiger partial charge is 0.342 e. The molecule has 0 atom stereocenters. The van der Waals surface area contributed by atoms with Crippen LogP contribution in [0.1, 0.15) is 25.5 Å². The molecule has 4 heteroatoms. The second kappa shape index (κ2) is 4.47. The monoisotopic (exact) mass is 207 g/mol. The Morgan fingerprint density at radius 3 is 2.80 bits per heavy atom. The van der Waals surface area contributed by atoms with Crippen LogP contribution in [-0.4, -0.2) is 33.7 Å². The standard InChI is InChI=1S/C11H17N3O/c1-2-14-8-5-10(12-14)9-11(15)13-6-3-4-7-13/h5,8H,2-4,6-7,9H2,1H3. The zero-order chi connectivity index (χ0) is 10.7. The number of nitrogens with zero attached hydrogens (tertiary/aromatic N) is 3. The molecule has 1 aliphatic rings. The maximum absolute atomic E-state index is 11.8. The van der Waals surface area contributed by atoms with Crippen molar-refractivity contribution in [3.05, 3.63) is 18.0 Å².